The summed E-state index contributed by atoms with van der Waals surface area (Å²) in [5.41, 5.74) is 2.87. The van der Waals surface area contributed by atoms with E-state index in [1.54, 1.807) is 37.4 Å². The summed E-state index contributed by atoms with van der Waals surface area (Å²) in [5, 5.41) is 23.3. The van der Waals surface area contributed by atoms with Gasteiger partial charge in [-0.25, -0.2) is 0 Å². The highest BCUT2D eigenvalue weighted by molar-refractivity contribution is 7.47. The van der Waals surface area contributed by atoms with Crippen molar-refractivity contribution in [2.45, 2.75) is 161 Å². The molecule has 0 spiro atoms. The molecule has 1 heterocycles. The first kappa shape index (κ1) is 74.8. The Morgan fingerprint density at radius 3 is 1.66 bits per heavy atom. The Hall–Kier alpha value is -3.65. The van der Waals surface area contributed by atoms with Crippen LogP contribution >= 0.6 is 20.2 Å². The van der Waals surface area contributed by atoms with Crippen molar-refractivity contribution in [1.29, 1.82) is 0 Å². The summed E-state index contributed by atoms with van der Waals surface area (Å²) in [6.07, 6.45) is 11.1. The van der Waals surface area contributed by atoms with Crippen LogP contribution in [0.4, 0.5) is 0 Å². The third-order valence-corrected chi connectivity index (χ3v) is 8.15. The van der Waals surface area contributed by atoms with Crippen molar-refractivity contribution in [3.05, 3.63) is 90.0 Å². The summed E-state index contributed by atoms with van der Waals surface area (Å²) >= 11 is 5.44. The molecule has 0 aromatic heterocycles. The number of likely N-dealkylation sites (N-methyl/N-ethyl adjacent to an activating group) is 1. The molecule has 0 saturated heterocycles. The zero-order chi connectivity index (χ0) is 49.6. The van der Waals surface area contributed by atoms with E-state index in [1.807, 2.05) is 67.5 Å². The van der Waals surface area contributed by atoms with Crippen LogP contribution in [0.3, 0.4) is 0 Å². The maximum atomic E-state index is 9.60. The molecule has 3 rings (SSSR count). The van der Waals surface area contributed by atoms with E-state index in [0.717, 1.165) is 44.9 Å². The summed E-state index contributed by atoms with van der Waals surface area (Å²) in [7, 11) is 5.45. The van der Waals surface area contributed by atoms with Gasteiger partial charge in [0.05, 0.1) is 24.3 Å². The molecule has 4 N–H and O–H groups in total. The minimum Gasteiger partial charge on any atom is -0.508 e. The van der Waals surface area contributed by atoms with Gasteiger partial charge in [0.15, 0.2) is 0 Å². The van der Waals surface area contributed by atoms with Gasteiger partial charge in [-0.3, -0.25) is 14.6 Å². The normalized spacial score (nSPS) is 12.9. The largest absolute Gasteiger partial charge is 0.508 e. The first-order valence-corrected chi connectivity index (χ1v) is 23.7. The van der Waals surface area contributed by atoms with Crippen LogP contribution in [0.2, 0.25) is 0 Å². The lowest BCUT2D eigenvalue weighted by Gasteiger charge is -2.24. The summed E-state index contributed by atoms with van der Waals surface area (Å²) < 4.78 is 5.94. The van der Waals surface area contributed by atoms with Crippen molar-refractivity contribution in [2.75, 3.05) is 34.4 Å². The van der Waals surface area contributed by atoms with Crippen molar-refractivity contribution in [1.82, 2.24) is 15.5 Å². The van der Waals surface area contributed by atoms with Gasteiger partial charge in [-0.2, -0.15) is 0 Å². The molecule has 0 radical (unpaired) electrons. The highest BCUT2D eigenvalue weighted by atomic mass is 35.5. The number of carbonyl (C=O) groups is 2. The maximum absolute atomic E-state index is 9.60. The van der Waals surface area contributed by atoms with Crippen LogP contribution in [0.1, 0.15) is 161 Å². The Labute approximate surface area is 384 Å². The van der Waals surface area contributed by atoms with Gasteiger partial charge in [-0.05, 0) is 74.1 Å². The summed E-state index contributed by atoms with van der Waals surface area (Å²) in [4.78, 5) is 25.7. The summed E-state index contributed by atoms with van der Waals surface area (Å²) in [6, 6.07) is 14.2. The van der Waals surface area contributed by atoms with Gasteiger partial charge in [0.1, 0.15) is 17.3 Å². The number of nitrogens with one attached hydrogen (secondary N) is 2. The number of phenols is 1. The topological polar surface area (TPSA) is 123 Å². The monoisotopic (exact) mass is 899 g/mol. The van der Waals surface area contributed by atoms with Gasteiger partial charge in [-0.1, -0.05) is 180 Å². The fourth-order valence-electron chi connectivity index (χ4n) is 3.75. The number of aromatic hydroxyl groups is 1. The van der Waals surface area contributed by atoms with Crippen molar-refractivity contribution in [2.24, 2.45) is 4.99 Å². The molecule has 61 heavy (non-hydrogen) atoms. The molecule has 0 aliphatic carbocycles. The number of ether oxygens (including phenoxy) is 1. The molecule has 4 atom stereocenters. The number of aliphatic hydroxyl groups is 1. The van der Waals surface area contributed by atoms with E-state index in [1.165, 1.54) is 31.0 Å². The smallest absolute Gasteiger partial charge is 0.207 e. The lowest BCUT2D eigenvalue weighted by atomic mass is 10.0. The molecule has 0 saturated carbocycles. The Kier molecular flexibility index (Phi) is 77.2. The molecule has 1 aliphatic heterocycles. The molecule has 0 bridgehead atoms. The number of aliphatic imine (C=N–C) groups is 1. The summed E-state index contributed by atoms with van der Waals surface area (Å²) in [5.74, 6) is 2.15. The van der Waals surface area contributed by atoms with Gasteiger partial charge >= 0.3 is 0 Å². The first-order valence-electron chi connectivity index (χ1n) is 22.3. The second-order valence-corrected chi connectivity index (χ2v) is 13.9. The number of amidine groups is 1. The van der Waals surface area contributed by atoms with E-state index in [2.05, 4.69) is 116 Å². The Morgan fingerprint density at radius 1 is 0.885 bits per heavy atom. The van der Waals surface area contributed by atoms with Crippen LogP contribution in [-0.2, 0) is 9.59 Å². The zero-order valence-corrected chi connectivity index (χ0v) is 44.5. The van der Waals surface area contributed by atoms with Gasteiger partial charge in [0, 0.05) is 32.8 Å². The van der Waals surface area contributed by atoms with Crippen LogP contribution in [0.5, 0.6) is 11.5 Å². The number of rotatable bonds is 12. The minimum absolute atomic E-state index is 0.0377. The van der Waals surface area contributed by atoms with Gasteiger partial charge in [-0.15, -0.1) is 0 Å². The third kappa shape index (κ3) is 45.7. The van der Waals surface area contributed by atoms with Gasteiger partial charge < -0.3 is 30.5 Å². The van der Waals surface area contributed by atoms with E-state index < -0.39 is 0 Å². The van der Waals surface area contributed by atoms with Crippen LogP contribution in [0.25, 0.3) is 0 Å². The third-order valence-electron chi connectivity index (χ3n) is 6.32. The molecule has 2 aromatic rings. The lowest BCUT2D eigenvalue weighted by molar-refractivity contribution is -0.110. The predicted octanol–water partition coefficient (Wildman–Crippen LogP) is 13.2. The zero-order valence-electron chi connectivity index (χ0n) is 42.7. The van der Waals surface area contributed by atoms with Gasteiger partial charge in [0.25, 0.3) is 0 Å². The molecule has 0 fully saturated rings. The molecule has 4 unspecified atom stereocenters. The Morgan fingerprint density at radius 2 is 1.34 bits per heavy atom. The SMILES string of the molecule is C=C/C=C(/Cl)C=C.CC.CC.CC.CCC.CCC.CCC.CCNC=O.CCOc1ccc(PC(C)CC)cc1C1=NC(c2ccc(O)cc2)C(C)N1C.CNC=O.CO. The molecule has 11 heteroatoms. The lowest BCUT2D eigenvalue weighted by Crippen LogP contribution is -2.32. The number of hydrogen-bond donors (Lipinski definition) is 4. The molecule has 358 valence electrons. The number of hydrogen-bond acceptors (Lipinski definition) is 7. The molecular weight excluding hydrogens is 803 g/mol. The number of phenolic OH excluding ortho intramolecular Hbond substituents is 1. The second-order valence-electron chi connectivity index (χ2n) is 11.6. The number of allylic oxidation sites excluding steroid dienone is 4. The Bertz CT molecular complexity index is 1260. The van der Waals surface area contributed by atoms with E-state index in [4.69, 9.17) is 31.2 Å². The molecule has 2 aromatic carbocycles. The van der Waals surface area contributed by atoms with E-state index in [9.17, 15) is 9.90 Å². The standard InChI is InChI=1S/C23H31N2O2P.C6H7Cl.C3H7NO.3C3H8.C2H5NO.3C2H6.CH4O/c1-6-15(3)28-19-12-13-21(27-7-2)20(14-19)23-24-22(16(4)25(23)5)17-8-10-18(26)11-9-17;1-3-5-6(7)4-2;1-2-4-3-5;3*1-3-2;1-3-2-4;4*1-2/h8-16,22,26,28H,6-7H2,1-5H3;3-5H,1-2H2;3H,2H2,1H3,(H,4,5);3*3H2,1-2H3;2H,1H3,(H,3,4);3*1-2H3;2H,1H3/b;6-5+;;;;;;;;;. The fourth-order valence-corrected chi connectivity index (χ4v) is 5.02. The predicted molar refractivity (Wildman–Crippen MR) is 279 cm³/mol. The first-order chi connectivity index (χ1) is 29.3. The van der Waals surface area contributed by atoms with E-state index >= 15 is 0 Å². The van der Waals surface area contributed by atoms with E-state index in [0.29, 0.717) is 30.1 Å². The van der Waals surface area contributed by atoms with Crippen molar-refractivity contribution >= 4 is 44.1 Å². The van der Waals surface area contributed by atoms with Gasteiger partial charge in [0.2, 0.25) is 12.8 Å². The molecular formula is C50H96ClN4O5P. The van der Waals surface area contributed by atoms with Crippen LogP contribution < -0.4 is 20.7 Å². The number of carbonyl (C=O) groups excluding carboxylic acids is 2. The molecule has 2 amide bonds. The molecule has 1 aliphatic rings. The number of nitrogens with zero attached hydrogens (tertiary/aromatic N) is 2. The maximum Gasteiger partial charge on any atom is 0.207 e. The van der Waals surface area contributed by atoms with Crippen molar-refractivity contribution in [3.63, 3.8) is 0 Å². The van der Waals surface area contributed by atoms with Crippen molar-refractivity contribution in [3.8, 4) is 11.5 Å². The van der Waals surface area contributed by atoms with E-state index in [-0.39, 0.29) is 17.8 Å². The van der Waals surface area contributed by atoms with Crippen molar-refractivity contribution < 1.29 is 24.5 Å². The number of halogens is 1. The minimum atomic E-state index is 0.0377. The Balaban J connectivity index is -0.000000116. The second kappa shape index (κ2) is 63.0. The van der Waals surface area contributed by atoms with Crippen LogP contribution in [-0.4, -0.2) is 79.8 Å². The number of aliphatic hydroxyl groups excluding tert-OH is 1. The average Bonchev–Trinajstić information content (AvgIpc) is 3.58. The quantitative estimate of drug-likeness (QED) is 0.0956. The van der Waals surface area contributed by atoms with Crippen LogP contribution in [0, 0.1) is 0 Å². The average molecular weight is 900 g/mol. The number of amides is 2. The number of benzene rings is 2. The summed E-state index contributed by atoms with van der Waals surface area (Å²) in [6.45, 7) is 43.6. The van der Waals surface area contributed by atoms with Crippen LogP contribution in [0.15, 0.2) is 83.9 Å². The molecule has 9 nitrogen and oxygen atoms in total. The fraction of sp³-hybridized carbons (Fsp3) is 0.580. The highest BCUT2D eigenvalue weighted by Gasteiger charge is 2.33. The highest BCUT2D eigenvalue weighted by Crippen LogP contribution is 2.35.